The van der Waals surface area contributed by atoms with E-state index in [9.17, 15) is 0 Å². The standard InChI is InChI=1S/C12H21N5/c1-3-10-15-11(14-4-2)9-12(16-10)17-7-5-13-6-8-17/h9,13H,3-8H2,1-2H3,(H,14,15,16). The molecule has 0 unspecified atom stereocenters. The van der Waals surface area contributed by atoms with E-state index in [2.05, 4.69) is 39.3 Å². The summed E-state index contributed by atoms with van der Waals surface area (Å²) in [6, 6.07) is 2.05. The second-order valence-corrected chi connectivity index (χ2v) is 4.15. The number of piperazine rings is 1. The van der Waals surface area contributed by atoms with Crippen molar-refractivity contribution in [1.29, 1.82) is 0 Å². The van der Waals surface area contributed by atoms with Crippen molar-refractivity contribution in [1.82, 2.24) is 15.3 Å². The molecular formula is C12H21N5. The van der Waals surface area contributed by atoms with Gasteiger partial charge in [0.1, 0.15) is 17.5 Å². The van der Waals surface area contributed by atoms with E-state index in [1.54, 1.807) is 0 Å². The number of nitrogens with one attached hydrogen (secondary N) is 2. The van der Waals surface area contributed by atoms with Crippen LogP contribution < -0.4 is 15.5 Å². The third-order valence-electron chi connectivity index (χ3n) is 2.87. The topological polar surface area (TPSA) is 53.1 Å². The maximum Gasteiger partial charge on any atom is 0.134 e. The number of hydrogen-bond acceptors (Lipinski definition) is 5. The van der Waals surface area contributed by atoms with Crippen LogP contribution in [0.25, 0.3) is 0 Å². The fraction of sp³-hybridized carbons (Fsp3) is 0.667. The molecule has 2 rings (SSSR count). The number of hydrogen-bond donors (Lipinski definition) is 2. The molecule has 5 nitrogen and oxygen atoms in total. The number of anilines is 2. The molecule has 0 saturated carbocycles. The monoisotopic (exact) mass is 235 g/mol. The van der Waals surface area contributed by atoms with E-state index in [1.165, 1.54) is 0 Å². The lowest BCUT2D eigenvalue weighted by molar-refractivity contribution is 0.583. The minimum absolute atomic E-state index is 0.873. The first-order valence-corrected chi connectivity index (χ1v) is 6.41. The van der Waals surface area contributed by atoms with E-state index in [4.69, 9.17) is 0 Å². The molecule has 0 amide bonds. The zero-order valence-corrected chi connectivity index (χ0v) is 10.7. The van der Waals surface area contributed by atoms with Crippen LogP contribution in [0.2, 0.25) is 0 Å². The molecule has 94 valence electrons. The fourth-order valence-corrected chi connectivity index (χ4v) is 1.97. The summed E-state index contributed by atoms with van der Waals surface area (Å²) >= 11 is 0. The Balaban J connectivity index is 2.21. The lowest BCUT2D eigenvalue weighted by Gasteiger charge is -2.28. The van der Waals surface area contributed by atoms with Crippen molar-refractivity contribution in [2.24, 2.45) is 0 Å². The summed E-state index contributed by atoms with van der Waals surface area (Å²) in [4.78, 5) is 11.4. The highest BCUT2D eigenvalue weighted by molar-refractivity contribution is 5.49. The molecule has 2 N–H and O–H groups in total. The molecular weight excluding hydrogens is 214 g/mol. The first kappa shape index (κ1) is 12.1. The highest BCUT2D eigenvalue weighted by Gasteiger charge is 2.13. The van der Waals surface area contributed by atoms with Crippen LogP contribution in [0.4, 0.5) is 11.6 Å². The molecule has 0 aromatic carbocycles. The molecule has 1 aromatic heterocycles. The van der Waals surface area contributed by atoms with Gasteiger partial charge in [0.25, 0.3) is 0 Å². The fourth-order valence-electron chi connectivity index (χ4n) is 1.97. The van der Waals surface area contributed by atoms with Gasteiger partial charge in [0.15, 0.2) is 0 Å². The van der Waals surface area contributed by atoms with Crippen molar-refractivity contribution in [2.75, 3.05) is 42.9 Å². The lowest BCUT2D eigenvalue weighted by Crippen LogP contribution is -2.44. The minimum Gasteiger partial charge on any atom is -0.370 e. The summed E-state index contributed by atoms with van der Waals surface area (Å²) in [6.07, 6.45) is 0.873. The molecule has 5 heteroatoms. The molecule has 0 atom stereocenters. The SMILES string of the molecule is CCNc1cc(N2CCNCC2)nc(CC)n1. The Morgan fingerprint density at radius 1 is 1.29 bits per heavy atom. The summed E-state index contributed by atoms with van der Waals surface area (Å²) in [5, 5.41) is 6.62. The number of rotatable bonds is 4. The first-order valence-electron chi connectivity index (χ1n) is 6.41. The van der Waals surface area contributed by atoms with Gasteiger partial charge in [-0.05, 0) is 6.92 Å². The molecule has 0 bridgehead atoms. The van der Waals surface area contributed by atoms with E-state index in [0.29, 0.717) is 0 Å². The van der Waals surface area contributed by atoms with Gasteiger partial charge in [0.2, 0.25) is 0 Å². The van der Waals surface area contributed by atoms with Gasteiger partial charge in [-0.2, -0.15) is 0 Å². The van der Waals surface area contributed by atoms with Gasteiger partial charge in [0.05, 0.1) is 0 Å². The van der Waals surface area contributed by atoms with Crippen molar-refractivity contribution in [2.45, 2.75) is 20.3 Å². The molecule has 1 fully saturated rings. The van der Waals surface area contributed by atoms with Gasteiger partial charge < -0.3 is 15.5 Å². The van der Waals surface area contributed by atoms with Crippen LogP contribution in [0.1, 0.15) is 19.7 Å². The highest BCUT2D eigenvalue weighted by Crippen LogP contribution is 2.16. The van der Waals surface area contributed by atoms with E-state index in [0.717, 1.165) is 56.6 Å². The predicted molar refractivity (Wildman–Crippen MR) is 70.7 cm³/mol. The summed E-state index contributed by atoms with van der Waals surface area (Å²) in [7, 11) is 0. The third-order valence-corrected chi connectivity index (χ3v) is 2.87. The molecule has 1 aliphatic rings. The number of aryl methyl sites for hydroxylation is 1. The summed E-state index contributed by atoms with van der Waals surface area (Å²) in [5.74, 6) is 2.90. The lowest BCUT2D eigenvalue weighted by atomic mass is 10.3. The van der Waals surface area contributed by atoms with Crippen LogP contribution in [0.5, 0.6) is 0 Å². The Morgan fingerprint density at radius 2 is 2.06 bits per heavy atom. The Hall–Kier alpha value is -1.36. The van der Waals surface area contributed by atoms with Crippen molar-refractivity contribution >= 4 is 11.6 Å². The van der Waals surface area contributed by atoms with Gasteiger partial charge in [-0.1, -0.05) is 6.92 Å². The number of nitrogens with zero attached hydrogens (tertiary/aromatic N) is 3. The van der Waals surface area contributed by atoms with Crippen molar-refractivity contribution in [3.8, 4) is 0 Å². The summed E-state index contributed by atoms with van der Waals surface area (Å²) in [5.41, 5.74) is 0. The normalized spacial score (nSPS) is 16.0. The Labute approximate surface area is 103 Å². The second kappa shape index (κ2) is 5.82. The van der Waals surface area contributed by atoms with Crippen molar-refractivity contribution in [3.05, 3.63) is 11.9 Å². The molecule has 1 saturated heterocycles. The average molecular weight is 235 g/mol. The van der Waals surface area contributed by atoms with Gasteiger partial charge in [-0.3, -0.25) is 0 Å². The molecule has 0 spiro atoms. The third kappa shape index (κ3) is 3.06. The van der Waals surface area contributed by atoms with Crippen molar-refractivity contribution in [3.63, 3.8) is 0 Å². The van der Waals surface area contributed by atoms with Gasteiger partial charge in [-0.15, -0.1) is 0 Å². The molecule has 2 heterocycles. The van der Waals surface area contributed by atoms with Crippen LogP contribution in [-0.4, -0.2) is 42.7 Å². The zero-order valence-electron chi connectivity index (χ0n) is 10.7. The molecule has 17 heavy (non-hydrogen) atoms. The largest absolute Gasteiger partial charge is 0.370 e. The van der Waals surface area contributed by atoms with Crippen LogP contribution in [0.3, 0.4) is 0 Å². The highest BCUT2D eigenvalue weighted by atomic mass is 15.2. The van der Waals surface area contributed by atoms with Gasteiger partial charge in [-0.25, -0.2) is 9.97 Å². The van der Waals surface area contributed by atoms with Gasteiger partial charge >= 0.3 is 0 Å². The molecule has 0 aliphatic carbocycles. The van der Waals surface area contributed by atoms with Crippen LogP contribution in [-0.2, 0) is 6.42 Å². The Morgan fingerprint density at radius 3 is 2.71 bits per heavy atom. The maximum atomic E-state index is 4.60. The summed E-state index contributed by atoms with van der Waals surface area (Å²) in [6.45, 7) is 9.16. The van der Waals surface area contributed by atoms with E-state index >= 15 is 0 Å². The van der Waals surface area contributed by atoms with Crippen molar-refractivity contribution < 1.29 is 0 Å². The van der Waals surface area contributed by atoms with E-state index in [-0.39, 0.29) is 0 Å². The van der Waals surface area contributed by atoms with Crippen LogP contribution in [0, 0.1) is 0 Å². The summed E-state index contributed by atoms with van der Waals surface area (Å²) < 4.78 is 0. The zero-order chi connectivity index (χ0) is 12.1. The average Bonchev–Trinajstić information content (AvgIpc) is 2.40. The van der Waals surface area contributed by atoms with E-state index < -0.39 is 0 Å². The minimum atomic E-state index is 0.873. The van der Waals surface area contributed by atoms with Crippen LogP contribution >= 0.6 is 0 Å². The maximum absolute atomic E-state index is 4.60. The number of aromatic nitrogens is 2. The second-order valence-electron chi connectivity index (χ2n) is 4.15. The predicted octanol–water partition coefficient (Wildman–Crippen LogP) is 0.880. The van der Waals surface area contributed by atoms with Gasteiger partial charge in [0, 0.05) is 45.2 Å². The Kier molecular flexibility index (Phi) is 4.14. The quantitative estimate of drug-likeness (QED) is 0.811. The first-order chi connectivity index (χ1) is 8.33. The molecule has 1 aliphatic heterocycles. The van der Waals surface area contributed by atoms with E-state index in [1.807, 2.05) is 6.07 Å². The smallest absolute Gasteiger partial charge is 0.134 e. The Bertz CT molecular complexity index is 360. The molecule has 1 aromatic rings. The van der Waals surface area contributed by atoms with Crippen LogP contribution in [0.15, 0.2) is 6.07 Å². The molecule has 0 radical (unpaired) electrons.